The van der Waals surface area contributed by atoms with Crippen LogP contribution in [0.15, 0.2) is 22.7 Å². The van der Waals surface area contributed by atoms with Crippen LogP contribution in [0.25, 0.3) is 0 Å². The molecule has 2 atom stereocenters. The van der Waals surface area contributed by atoms with Gasteiger partial charge in [-0.25, -0.2) is 0 Å². The molecular formula is C15H22BrNO3. The molecule has 0 amide bonds. The van der Waals surface area contributed by atoms with E-state index in [1.54, 1.807) is 0 Å². The highest BCUT2D eigenvalue weighted by Gasteiger charge is 2.15. The Kier molecular flexibility index (Phi) is 7.02. The molecule has 0 radical (unpaired) electrons. The summed E-state index contributed by atoms with van der Waals surface area (Å²) in [5.74, 6) is 0.798. The first-order valence-corrected chi connectivity index (χ1v) is 7.51. The van der Waals surface area contributed by atoms with Crippen molar-refractivity contribution >= 4 is 21.9 Å². The van der Waals surface area contributed by atoms with Gasteiger partial charge in [-0.3, -0.25) is 4.79 Å². The molecule has 0 aliphatic carbocycles. The van der Waals surface area contributed by atoms with Crippen molar-refractivity contribution in [2.75, 3.05) is 13.7 Å². The number of benzene rings is 1. The first kappa shape index (κ1) is 17.0. The summed E-state index contributed by atoms with van der Waals surface area (Å²) < 4.78 is 11.0. The van der Waals surface area contributed by atoms with Crippen LogP contribution in [0.3, 0.4) is 0 Å². The summed E-state index contributed by atoms with van der Waals surface area (Å²) in [6.45, 7) is 4.57. The molecular weight excluding hydrogens is 322 g/mol. The standard InChI is InChI=1S/C15H22BrNO3/c1-4-20-14-6-5-11(9-12(14)16)13(17)7-10(2)8-15(18)19-3/h5-6,9-10,13H,4,7-8,17H2,1-3H3. The number of esters is 1. The molecule has 0 aliphatic rings. The van der Waals surface area contributed by atoms with Crippen LogP contribution in [-0.4, -0.2) is 19.7 Å². The largest absolute Gasteiger partial charge is 0.493 e. The van der Waals surface area contributed by atoms with Gasteiger partial charge in [0.1, 0.15) is 5.75 Å². The minimum absolute atomic E-state index is 0.110. The number of rotatable bonds is 7. The van der Waals surface area contributed by atoms with E-state index in [0.717, 1.165) is 22.2 Å². The van der Waals surface area contributed by atoms with E-state index in [-0.39, 0.29) is 17.9 Å². The highest BCUT2D eigenvalue weighted by Crippen LogP contribution is 2.30. The predicted molar refractivity (Wildman–Crippen MR) is 82.7 cm³/mol. The van der Waals surface area contributed by atoms with Crippen LogP contribution >= 0.6 is 15.9 Å². The Balaban J connectivity index is 2.65. The molecule has 0 saturated heterocycles. The molecule has 1 aromatic carbocycles. The number of halogens is 1. The van der Waals surface area contributed by atoms with Gasteiger partial charge in [-0.05, 0) is 52.9 Å². The molecule has 1 aromatic rings. The molecule has 20 heavy (non-hydrogen) atoms. The summed E-state index contributed by atoms with van der Waals surface area (Å²) in [5, 5.41) is 0. The van der Waals surface area contributed by atoms with Crippen LogP contribution in [-0.2, 0) is 9.53 Å². The second-order valence-electron chi connectivity index (χ2n) is 4.85. The Bertz CT molecular complexity index is 451. The molecule has 0 bridgehead atoms. The van der Waals surface area contributed by atoms with E-state index in [2.05, 4.69) is 20.7 Å². The summed E-state index contributed by atoms with van der Waals surface area (Å²) in [4.78, 5) is 11.2. The maximum Gasteiger partial charge on any atom is 0.305 e. The fourth-order valence-electron chi connectivity index (χ4n) is 2.04. The summed E-state index contributed by atoms with van der Waals surface area (Å²) in [6.07, 6.45) is 1.12. The Labute approximate surface area is 128 Å². The molecule has 0 saturated carbocycles. The normalized spacial score (nSPS) is 13.7. The van der Waals surface area contributed by atoms with E-state index in [9.17, 15) is 4.79 Å². The molecule has 1 rings (SSSR count). The van der Waals surface area contributed by atoms with E-state index in [1.807, 2.05) is 32.0 Å². The molecule has 4 nitrogen and oxygen atoms in total. The van der Waals surface area contributed by atoms with Crippen LogP contribution in [0.4, 0.5) is 0 Å². The number of hydrogen-bond acceptors (Lipinski definition) is 4. The number of nitrogens with two attached hydrogens (primary N) is 1. The maximum atomic E-state index is 11.2. The van der Waals surface area contributed by atoms with Gasteiger partial charge >= 0.3 is 5.97 Å². The molecule has 5 heteroatoms. The van der Waals surface area contributed by atoms with E-state index in [0.29, 0.717) is 13.0 Å². The topological polar surface area (TPSA) is 61.5 Å². The van der Waals surface area contributed by atoms with E-state index >= 15 is 0 Å². The lowest BCUT2D eigenvalue weighted by Crippen LogP contribution is -2.16. The van der Waals surface area contributed by atoms with Crippen LogP contribution in [0.5, 0.6) is 5.75 Å². The maximum absolute atomic E-state index is 11.2. The fraction of sp³-hybridized carbons (Fsp3) is 0.533. The molecule has 0 aliphatic heterocycles. The van der Waals surface area contributed by atoms with Gasteiger partial charge in [0, 0.05) is 12.5 Å². The lowest BCUT2D eigenvalue weighted by molar-refractivity contribution is -0.141. The third kappa shape index (κ3) is 5.13. The van der Waals surface area contributed by atoms with Crippen molar-refractivity contribution in [2.45, 2.75) is 32.7 Å². The third-order valence-electron chi connectivity index (χ3n) is 3.08. The molecule has 2 N–H and O–H groups in total. The van der Waals surface area contributed by atoms with Crippen LogP contribution in [0.1, 0.15) is 38.3 Å². The van der Waals surface area contributed by atoms with Crippen LogP contribution in [0.2, 0.25) is 0 Å². The summed E-state index contributed by atoms with van der Waals surface area (Å²) in [6, 6.07) is 5.74. The average Bonchev–Trinajstić information content (AvgIpc) is 2.40. The van der Waals surface area contributed by atoms with Gasteiger partial charge in [0.2, 0.25) is 0 Å². The van der Waals surface area contributed by atoms with Gasteiger partial charge in [-0.2, -0.15) is 0 Å². The number of ether oxygens (including phenoxy) is 2. The molecule has 0 fully saturated rings. The van der Waals surface area contributed by atoms with Crippen molar-refractivity contribution in [3.63, 3.8) is 0 Å². The molecule has 0 heterocycles. The fourth-order valence-corrected chi connectivity index (χ4v) is 2.55. The smallest absolute Gasteiger partial charge is 0.305 e. The van der Waals surface area contributed by atoms with Gasteiger partial charge in [0.25, 0.3) is 0 Å². The minimum atomic E-state index is -0.197. The molecule has 2 unspecified atom stereocenters. The van der Waals surface area contributed by atoms with Crippen molar-refractivity contribution in [2.24, 2.45) is 11.7 Å². The van der Waals surface area contributed by atoms with Gasteiger partial charge in [0.15, 0.2) is 0 Å². The Morgan fingerprint density at radius 3 is 2.70 bits per heavy atom. The van der Waals surface area contributed by atoms with Crippen molar-refractivity contribution in [1.29, 1.82) is 0 Å². The summed E-state index contributed by atoms with van der Waals surface area (Å²) in [7, 11) is 1.40. The van der Waals surface area contributed by atoms with Crippen molar-refractivity contribution in [1.82, 2.24) is 0 Å². The lowest BCUT2D eigenvalue weighted by Gasteiger charge is -2.18. The Morgan fingerprint density at radius 1 is 1.45 bits per heavy atom. The number of carbonyl (C=O) groups is 1. The predicted octanol–water partition coefficient (Wildman–Crippen LogP) is 3.44. The first-order valence-electron chi connectivity index (χ1n) is 6.72. The zero-order valence-corrected chi connectivity index (χ0v) is 13.8. The first-order chi connectivity index (χ1) is 9.47. The van der Waals surface area contributed by atoms with Crippen LogP contribution in [0, 0.1) is 5.92 Å². The number of methoxy groups -OCH3 is 1. The quantitative estimate of drug-likeness (QED) is 0.770. The van der Waals surface area contributed by atoms with Crippen molar-refractivity contribution in [3.8, 4) is 5.75 Å². The van der Waals surface area contributed by atoms with Gasteiger partial charge in [0.05, 0.1) is 18.2 Å². The second-order valence-corrected chi connectivity index (χ2v) is 5.70. The lowest BCUT2D eigenvalue weighted by atomic mass is 9.94. The van der Waals surface area contributed by atoms with Gasteiger partial charge in [-0.1, -0.05) is 13.0 Å². The summed E-state index contributed by atoms with van der Waals surface area (Å²) >= 11 is 3.48. The number of hydrogen-bond donors (Lipinski definition) is 1. The van der Waals surface area contributed by atoms with Crippen molar-refractivity contribution in [3.05, 3.63) is 28.2 Å². The zero-order chi connectivity index (χ0) is 15.1. The molecule has 0 aromatic heterocycles. The second kappa shape index (κ2) is 8.27. The highest BCUT2D eigenvalue weighted by atomic mass is 79.9. The van der Waals surface area contributed by atoms with Gasteiger partial charge in [-0.15, -0.1) is 0 Å². The number of carbonyl (C=O) groups excluding carboxylic acids is 1. The molecule has 112 valence electrons. The summed E-state index contributed by atoms with van der Waals surface area (Å²) in [5.41, 5.74) is 7.22. The SMILES string of the molecule is CCOc1ccc(C(N)CC(C)CC(=O)OC)cc1Br. The third-order valence-corrected chi connectivity index (χ3v) is 3.70. The zero-order valence-electron chi connectivity index (χ0n) is 12.2. The average molecular weight is 344 g/mol. The highest BCUT2D eigenvalue weighted by molar-refractivity contribution is 9.10. The Hall–Kier alpha value is -1.07. The monoisotopic (exact) mass is 343 g/mol. The Morgan fingerprint density at radius 2 is 2.15 bits per heavy atom. The van der Waals surface area contributed by atoms with Crippen molar-refractivity contribution < 1.29 is 14.3 Å². The van der Waals surface area contributed by atoms with E-state index in [4.69, 9.17) is 10.5 Å². The van der Waals surface area contributed by atoms with Crippen LogP contribution < -0.4 is 10.5 Å². The molecule has 0 spiro atoms. The van der Waals surface area contributed by atoms with E-state index in [1.165, 1.54) is 7.11 Å². The van der Waals surface area contributed by atoms with E-state index < -0.39 is 0 Å². The van der Waals surface area contributed by atoms with Gasteiger partial charge < -0.3 is 15.2 Å². The minimum Gasteiger partial charge on any atom is -0.493 e.